The first-order valence-electron chi connectivity index (χ1n) is 7.12. The van der Waals surface area contributed by atoms with Crippen molar-refractivity contribution in [3.8, 4) is 22.8 Å². The maximum Gasteiger partial charge on any atom is 0.416 e. The van der Waals surface area contributed by atoms with Gasteiger partial charge in [0.05, 0.1) is 17.6 Å². The maximum atomic E-state index is 12.7. The van der Waals surface area contributed by atoms with E-state index in [1.807, 2.05) is 24.6 Å². The number of hydrogen-bond donors (Lipinski definition) is 1. The molecule has 3 rings (SSSR count). The van der Waals surface area contributed by atoms with Gasteiger partial charge in [0.15, 0.2) is 5.82 Å². The lowest BCUT2D eigenvalue weighted by Crippen LogP contribution is -2.04. The Morgan fingerprint density at radius 1 is 1.09 bits per heavy atom. The monoisotopic (exact) mass is 320 g/mol. The van der Waals surface area contributed by atoms with E-state index in [0.717, 1.165) is 12.1 Å². The number of rotatable bonds is 3. The van der Waals surface area contributed by atoms with Gasteiger partial charge in [0.2, 0.25) is 0 Å². The van der Waals surface area contributed by atoms with Crippen LogP contribution in [-0.2, 0) is 6.18 Å². The molecule has 0 saturated carbocycles. The van der Waals surface area contributed by atoms with Gasteiger partial charge in [-0.05, 0) is 26.0 Å². The summed E-state index contributed by atoms with van der Waals surface area (Å²) in [7, 11) is 0. The lowest BCUT2D eigenvalue weighted by atomic mass is 10.1. The molecule has 120 valence electrons. The van der Waals surface area contributed by atoms with Gasteiger partial charge < -0.3 is 9.55 Å². The minimum atomic E-state index is -4.35. The Morgan fingerprint density at radius 2 is 1.78 bits per heavy atom. The summed E-state index contributed by atoms with van der Waals surface area (Å²) in [6.45, 7) is 4.05. The van der Waals surface area contributed by atoms with Crippen molar-refractivity contribution in [2.24, 2.45) is 0 Å². The summed E-state index contributed by atoms with van der Waals surface area (Å²) in [5, 5.41) is 0. The molecule has 0 unspecified atom stereocenters. The van der Waals surface area contributed by atoms with Gasteiger partial charge in [-0.3, -0.25) is 0 Å². The first kappa shape index (κ1) is 15.3. The third kappa shape index (κ3) is 2.86. The fraction of sp³-hybridized carbons (Fsp3) is 0.250. The van der Waals surface area contributed by atoms with Crippen molar-refractivity contribution < 1.29 is 13.2 Å². The quantitative estimate of drug-likeness (QED) is 0.770. The van der Waals surface area contributed by atoms with Crippen LogP contribution in [0.3, 0.4) is 0 Å². The van der Waals surface area contributed by atoms with E-state index in [1.165, 1.54) is 18.5 Å². The number of halogens is 3. The van der Waals surface area contributed by atoms with Crippen LogP contribution in [-0.4, -0.2) is 19.5 Å². The van der Waals surface area contributed by atoms with Gasteiger partial charge >= 0.3 is 6.18 Å². The molecular formula is C16H15F3N4. The van der Waals surface area contributed by atoms with Gasteiger partial charge in [0, 0.05) is 24.0 Å². The zero-order valence-electron chi connectivity index (χ0n) is 12.6. The van der Waals surface area contributed by atoms with Gasteiger partial charge in [0.25, 0.3) is 0 Å². The van der Waals surface area contributed by atoms with Gasteiger partial charge in [0.1, 0.15) is 5.69 Å². The number of nitrogens with one attached hydrogen (secondary N) is 1. The third-order valence-corrected chi connectivity index (χ3v) is 3.57. The number of aromatic nitrogens is 4. The number of aromatic amines is 1. The molecular weight excluding hydrogens is 305 g/mol. The predicted octanol–water partition coefficient (Wildman–Crippen LogP) is 4.54. The van der Waals surface area contributed by atoms with Crippen molar-refractivity contribution >= 4 is 0 Å². The van der Waals surface area contributed by atoms with Crippen LogP contribution in [0.25, 0.3) is 22.8 Å². The van der Waals surface area contributed by atoms with Crippen LogP contribution in [0.15, 0.2) is 43.0 Å². The molecule has 1 N–H and O–H groups in total. The van der Waals surface area contributed by atoms with Gasteiger partial charge in [-0.1, -0.05) is 12.1 Å². The summed E-state index contributed by atoms with van der Waals surface area (Å²) in [6, 6.07) is 5.16. The largest absolute Gasteiger partial charge is 0.416 e. The lowest BCUT2D eigenvalue weighted by Gasteiger charge is -2.12. The highest BCUT2D eigenvalue weighted by atomic mass is 19.4. The lowest BCUT2D eigenvalue weighted by molar-refractivity contribution is -0.137. The van der Waals surface area contributed by atoms with E-state index in [4.69, 9.17) is 0 Å². The van der Waals surface area contributed by atoms with Gasteiger partial charge in [-0.2, -0.15) is 13.2 Å². The molecule has 0 aliphatic heterocycles. The minimum absolute atomic E-state index is 0.205. The third-order valence-electron chi connectivity index (χ3n) is 3.57. The Kier molecular flexibility index (Phi) is 3.71. The van der Waals surface area contributed by atoms with E-state index in [0.29, 0.717) is 22.8 Å². The minimum Gasteiger partial charge on any atom is -0.342 e. The summed E-state index contributed by atoms with van der Waals surface area (Å²) in [4.78, 5) is 11.6. The van der Waals surface area contributed by atoms with E-state index in [1.54, 1.807) is 6.20 Å². The molecule has 0 saturated heterocycles. The standard InChI is InChI=1S/C16H15F3N4/c1-10(2)23-8-7-20-15(23)14-13(21-9-22-14)11-3-5-12(6-4-11)16(17,18)19/h3-10H,1-2H3,(H,21,22). The van der Waals surface area contributed by atoms with Crippen LogP contribution in [0.2, 0.25) is 0 Å². The molecule has 0 radical (unpaired) electrons. The molecule has 0 atom stereocenters. The molecule has 0 amide bonds. The molecule has 2 aromatic heterocycles. The smallest absolute Gasteiger partial charge is 0.342 e. The molecule has 2 heterocycles. The van der Waals surface area contributed by atoms with Gasteiger partial charge in [-0.15, -0.1) is 0 Å². The second kappa shape index (κ2) is 5.57. The van der Waals surface area contributed by atoms with Crippen LogP contribution in [0.5, 0.6) is 0 Å². The Hall–Kier alpha value is -2.57. The SMILES string of the molecule is CC(C)n1ccnc1-c1[nH]cnc1-c1ccc(C(F)(F)F)cc1. The van der Waals surface area contributed by atoms with Crippen molar-refractivity contribution in [2.45, 2.75) is 26.1 Å². The summed E-state index contributed by atoms with van der Waals surface area (Å²) in [5.74, 6) is 0.701. The fourth-order valence-electron chi connectivity index (χ4n) is 2.42. The second-order valence-corrected chi connectivity index (χ2v) is 5.45. The number of benzene rings is 1. The van der Waals surface area contributed by atoms with Crippen molar-refractivity contribution in [1.29, 1.82) is 0 Å². The average molecular weight is 320 g/mol. The molecule has 1 aromatic carbocycles. The first-order valence-corrected chi connectivity index (χ1v) is 7.12. The summed E-state index contributed by atoms with van der Waals surface area (Å²) in [6.07, 6.45) is 0.715. The van der Waals surface area contributed by atoms with Crippen LogP contribution >= 0.6 is 0 Å². The van der Waals surface area contributed by atoms with Crippen LogP contribution in [0.4, 0.5) is 13.2 Å². The average Bonchev–Trinajstić information content (AvgIpc) is 3.15. The maximum absolute atomic E-state index is 12.7. The molecule has 4 nitrogen and oxygen atoms in total. The first-order chi connectivity index (χ1) is 10.9. The number of hydrogen-bond acceptors (Lipinski definition) is 2. The molecule has 0 aliphatic carbocycles. The molecule has 0 bridgehead atoms. The highest BCUT2D eigenvalue weighted by Crippen LogP contribution is 2.33. The molecule has 7 heteroatoms. The Morgan fingerprint density at radius 3 is 2.39 bits per heavy atom. The predicted molar refractivity (Wildman–Crippen MR) is 80.6 cm³/mol. The summed E-state index contributed by atoms with van der Waals surface area (Å²) < 4.78 is 40.0. The summed E-state index contributed by atoms with van der Waals surface area (Å²) in [5.41, 5.74) is 1.19. The number of alkyl halides is 3. The van der Waals surface area contributed by atoms with Crippen molar-refractivity contribution in [1.82, 2.24) is 19.5 Å². The Labute approximate surface area is 131 Å². The highest BCUT2D eigenvalue weighted by molar-refractivity contribution is 5.75. The Balaban J connectivity index is 2.03. The zero-order chi connectivity index (χ0) is 16.6. The van der Waals surface area contributed by atoms with Gasteiger partial charge in [-0.25, -0.2) is 9.97 Å². The number of H-pyrrole nitrogens is 1. The van der Waals surface area contributed by atoms with E-state index >= 15 is 0 Å². The molecule has 3 aromatic rings. The molecule has 0 fully saturated rings. The van der Waals surface area contributed by atoms with E-state index in [9.17, 15) is 13.2 Å². The highest BCUT2D eigenvalue weighted by Gasteiger charge is 2.30. The fourth-order valence-corrected chi connectivity index (χ4v) is 2.42. The zero-order valence-corrected chi connectivity index (χ0v) is 12.6. The van der Waals surface area contributed by atoms with E-state index in [2.05, 4.69) is 15.0 Å². The van der Waals surface area contributed by atoms with Crippen molar-refractivity contribution in [2.75, 3.05) is 0 Å². The normalized spacial score (nSPS) is 12.1. The van der Waals surface area contributed by atoms with Crippen molar-refractivity contribution in [3.05, 3.63) is 48.5 Å². The number of nitrogens with zero attached hydrogens (tertiary/aromatic N) is 3. The summed E-state index contributed by atoms with van der Waals surface area (Å²) >= 11 is 0. The van der Waals surface area contributed by atoms with Crippen LogP contribution < -0.4 is 0 Å². The van der Waals surface area contributed by atoms with E-state index < -0.39 is 11.7 Å². The molecule has 23 heavy (non-hydrogen) atoms. The second-order valence-electron chi connectivity index (χ2n) is 5.45. The Bertz CT molecular complexity index is 797. The van der Waals surface area contributed by atoms with Crippen molar-refractivity contribution in [3.63, 3.8) is 0 Å². The molecule has 0 spiro atoms. The molecule has 0 aliphatic rings. The van der Waals surface area contributed by atoms with Crippen LogP contribution in [0, 0.1) is 0 Å². The van der Waals surface area contributed by atoms with Crippen LogP contribution in [0.1, 0.15) is 25.5 Å². The van der Waals surface area contributed by atoms with E-state index in [-0.39, 0.29) is 6.04 Å². The topological polar surface area (TPSA) is 46.5 Å². The number of imidazole rings is 2.